The van der Waals surface area contributed by atoms with Gasteiger partial charge in [0, 0.05) is 6.54 Å². The van der Waals surface area contributed by atoms with Gasteiger partial charge in [-0.25, -0.2) is 4.98 Å². The normalized spacial score (nSPS) is 20.9. The Morgan fingerprint density at radius 2 is 2.29 bits per heavy atom. The Labute approximate surface area is 109 Å². The summed E-state index contributed by atoms with van der Waals surface area (Å²) < 4.78 is 3.23. The Bertz CT molecular complexity index is 514. The van der Waals surface area contributed by atoms with Crippen molar-refractivity contribution in [3.05, 3.63) is 29.0 Å². The lowest BCUT2D eigenvalue weighted by atomic mass is 10.00. The van der Waals surface area contributed by atoms with E-state index in [0.29, 0.717) is 0 Å². The lowest BCUT2D eigenvalue weighted by Crippen LogP contribution is -2.32. The Kier molecular flexibility index (Phi) is 3.16. The molecule has 1 aromatic heterocycles. The minimum Gasteiger partial charge on any atom is -0.318 e. The van der Waals surface area contributed by atoms with Crippen LogP contribution in [0.5, 0.6) is 0 Å². The highest BCUT2D eigenvalue weighted by Crippen LogP contribution is 2.23. The molecular formula is C13H16BrN3. The second-order valence-electron chi connectivity index (χ2n) is 4.69. The monoisotopic (exact) mass is 293 g/mol. The van der Waals surface area contributed by atoms with Crippen molar-refractivity contribution in [2.75, 3.05) is 13.1 Å². The standard InChI is InChI=1S/C13H16BrN3/c14-13-16-11-5-1-2-6-12(11)17(13)9-10-4-3-7-15-8-10/h1-2,5-6,10,15H,3-4,7-9H2. The van der Waals surface area contributed by atoms with E-state index in [1.165, 1.54) is 24.9 Å². The Morgan fingerprint density at radius 1 is 1.41 bits per heavy atom. The quantitative estimate of drug-likeness (QED) is 0.923. The lowest BCUT2D eigenvalue weighted by Gasteiger charge is -2.23. The molecule has 2 aromatic rings. The smallest absolute Gasteiger partial charge is 0.178 e. The summed E-state index contributed by atoms with van der Waals surface area (Å²) in [6, 6.07) is 8.32. The molecule has 0 spiro atoms. The predicted molar refractivity (Wildman–Crippen MR) is 73.0 cm³/mol. The summed E-state index contributed by atoms with van der Waals surface area (Å²) in [5, 5.41) is 3.47. The van der Waals surface area contributed by atoms with Gasteiger partial charge in [-0.3, -0.25) is 0 Å². The first kappa shape index (κ1) is 11.2. The lowest BCUT2D eigenvalue weighted by molar-refractivity contribution is 0.338. The van der Waals surface area contributed by atoms with E-state index in [2.05, 4.69) is 49.0 Å². The second kappa shape index (κ2) is 4.78. The molecule has 4 heteroatoms. The number of hydrogen-bond donors (Lipinski definition) is 1. The van der Waals surface area contributed by atoms with Gasteiger partial charge in [-0.1, -0.05) is 12.1 Å². The number of fused-ring (bicyclic) bond motifs is 1. The highest BCUT2D eigenvalue weighted by molar-refractivity contribution is 9.10. The summed E-state index contributed by atoms with van der Waals surface area (Å²) in [4.78, 5) is 4.54. The van der Waals surface area contributed by atoms with Crippen LogP contribution < -0.4 is 5.32 Å². The third-order valence-corrected chi connectivity index (χ3v) is 4.05. The molecule has 2 heterocycles. The van der Waals surface area contributed by atoms with E-state index in [1.807, 2.05) is 6.07 Å². The fraction of sp³-hybridized carbons (Fsp3) is 0.462. The van der Waals surface area contributed by atoms with E-state index in [-0.39, 0.29) is 0 Å². The van der Waals surface area contributed by atoms with Crippen LogP contribution in [0.3, 0.4) is 0 Å². The molecule has 1 aliphatic rings. The molecular weight excluding hydrogens is 278 g/mol. The summed E-state index contributed by atoms with van der Waals surface area (Å²) in [7, 11) is 0. The van der Waals surface area contributed by atoms with Crippen LogP contribution >= 0.6 is 15.9 Å². The molecule has 0 aliphatic carbocycles. The van der Waals surface area contributed by atoms with Crippen LogP contribution in [-0.4, -0.2) is 22.6 Å². The van der Waals surface area contributed by atoms with E-state index in [9.17, 15) is 0 Å². The molecule has 1 fully saturated rings. The average molecular weight is 294 g/mol. The van der Waals surface area contributed by atoms with Crippen molar-refractivity contribution in [1.82, 2.24) is 14.9 Å². The number of imidazole rings is 1. The molecule has 1 aromatic carbocycles. The minimum absolute atomic E-state index is 0.720. The van der Waals surface area contributed by atoms with Gasteiger partial charge in [-0.05, 0) is 59.9 Å². The van der Waals surface area contributed by atoms with Crippen LogP contribution in [0.2, 0.25) is 0 Å². The number of para-hydroxylation sites is 2. The average Bonchev–Trinajstić information content (AvgIpc) is 2.68. The molecule has 0 bridgehead atoms. The highest BCUT2D eigenvalue weighted by Gasteiger charge is 2.16. The number of benzene rings is 1. The third-order valence-electron chi connectivity index (χ3n) is 3.45. The van der Waals surface area contributed by atoms with E-state index in [0.717, 1.165) is 29.3 Å². The molecule has 1 atom stereocenters. The molecule has 1 unspecified atom stereocenters. The Hall–Kier alpha value is -0.870. The van der Waals surface area contributed by atoms with Gasteiger partial charge in [0.15, 0.2) is 4.73 Å². The first-order chi connectivity index (χ1) is 8.34. The first-order valence-electron chi connectivity index (χ1n) is 6.16. The SMILES string of the molecule is Brc1nc2ccccc2n1CC1CCCNC1. The molecule has 3 rings (SSSR count). The van der Waals surface area contributed by atoms with Crippen molar-refractivity contribution in [1.29, 1.82) is 0 Å². The fourth-order valence-corrected chi connectivity index (χ4v) is 3.08. The van der Waals surface area contributed by atoms with Crippen LogP contribution in [0.15, 0.2) is 29.0 Å². The van der Waals surface area contributed by atoms with Gasteiger partial charge in [0.05, 0.1) is 11.0 Å². The van der Waals surface area contributed by atoms with Crippen molar-refractivity contribution < 1.29 is 0 Å². The van der Waals surface area contributed by atoms with Gasteiger partial charge < -0.3 is 9.88 Å². The summed E-state index contributed by atoms with van der Waals surface area (Å²) in [6.07, 6.45) is 2.60. The van der Waals surface area contributed by atoms with Crippen molar-refractivity contribution in [3.63, 3.8) is 0 Å². The van der Waals surface area contributed by atoms with E-state index in [4.69, 9.17) is 0 Å². The van der Waals surface area contributed by atoms with Crippen molar-refractivity contribution in [2.24, 2.45) is 5.92 Å². The fourth-order valence-electron chi connectivity index (χ4n) is 2.56. The van der Waals surface area contributed by atoms with E-state index >= 15 is 0 Å². The van der Waals surface area contributed by atoms with Crippen molar-refractivity contribution in [3.8, 4) is 0 Å². The van der Waals surface area contributed by atoms with Gasteiger partial charge in [-0.15, -0.1) is 0 Å². The van der Waals surface area contributed by atoms with Gasteiger partial charge >= 0.3 is 0 Å². The minimum atomic E-state index is 0.720. The topological polar surface area (TPSA) is 29.9 Å². The molecule has 3 nitrogen and oxygen atoms in total. The molecule has 17 heavy (non-hydrogen) atoms. The Morgan fingerprint density at radius 3 is 3.12 bits per heavy atom. The van der Waals surface area contributed by atoms with Gasteiger partial charge in [0.2, 0.25) is 0 Å². The molecule has 1 saturated heterocycles. The molecule has 1 aliphatic heterocycles. The van der Waals surface area contributed by atoms with Gasteiger partial charge in [0.1, 0.15) is 0 Å². The number of piperidine rings is 1. The zero-order valence-electron chi connectivity index (χ0n) is 9.69. The molecule has 0 radical (unpaired) electrons. The molecule has 0 amide bonds. The number of rotatable bonds is 2. The molecule has 90 valence electrons. The largest absolute Gasteiger partial charge is 0.318 e. The zero-order chi connectivity index (χ0) is 11.7. The third kappa shape index (κ3) is 2.24. The van der Waals surface area contributed by atoms with E-state index < -0.39 is 0 Å². The second-order valence-corrected chi connectivity index (χ2v) is 5.40. The van der Waals surface area contributed by atoms with Gasteiger partial charge in [0.25, 0.3) is 0 Å². The van der Waals surface area contributed by atoms with Crippen molar-refractivity contribution in [2.45, 2.75) is 19.4 Å². The zero-order valence-corrected chi connectivity index (χ0v) is 11.3. The molecule has 0 saturated carbocycles. The number of nitrogens with one attached hydrogen (secondary N) is 1. The summed E-state index contributed by atoms with van der Waals surface area (Å²) in [6.45, 7) is 3.34. The van der Waals surface area contributed by atoms with Crippen molar-refractivity contribution >= 4 is 27.0 Å². The van der Waals surface area contributed by atoms with Crippen LogP contribution in [0.4, 0.5) is 0 Å². The maximum absolute atomic E-state index is 4.54. The maximum atomic E-state index is 4.54. The summed E-state index contributed by atoms with van der Waals surface area (Å²) in [5.74, 6) is 0.720. The predicted octanol–water partition coefficient (Wildman–Crippen LogP) is 2.80. The summed E-state index contributed by atoms with van der Waals surface area (Å²) in [5.41, 5.74) is 2.30. The summed E-state index contributed by atoms with van der Waals surface area (Å²) >= 11 is 3.57. The number of aromatic nitrogens is 2. The molecule has 1 N–H and O–H groups in total. The number of halogens is 1. The van der Waals surface area contributed by atoms with Crippen LogP contribution in [0.1, 0.15) is 12.8 Å². The van der Waals surface area contributed by atoms with Gasteiger partial charge in [-0.2, -0.15) is 0 Å². The Balaban J connectivity index is 1.90. The highest BCUT2D eigenvalue weighted by atomic mass is 79.9. The van der Waals surface area contributed by atoms with E-state index in [1.54, 1.807) is 0 Å². The van der Waals surface area contributed by atoms with Crippen LogP contribution in [0.25, 0.3) is 11.0 Å². The maximum Gasteiger partial charge on any atom is 0.178 e. The number of hydrogen-bond acceptors (Lipinski definition) is 2. The number of nitrogens with zero attached hydrogens (tertiary/aromatic N) is 2. The van der Waals surface area contributed by atoms with Crippen LogP contribution in [0, 0.1) is 5.92 Å². The first-order valence-corrected chi connectivity index (χ1v) is 6.95. The van der Waals surface area contributed by atoms with Crippen LogP contribution in [-0.2, 0) is 6.54 Å².